The highest BCUT2D eigenvalue weighted by Crippen LogP contribution is 2.32. The Morgan fingerprint density at radius 2 is 1.90 bits per heavy atom. The van der Waals surface area contributed by atoms with Crippen LogP contribution in [0.2, 0.25) is 0 Å². The first-order valence-corrected chi connectivity index (χ1v) is 10.6. The summed E-state index contributed by atoms with van der Waals surface area (Å²) in [6, 6.07) is 5.29. The van der Waals surface area contributed by atoms with Crippen molar-refractivity contribution in [1.29, 1.82) is 0 Å². The number of methoxy groups -OCH3 is 2. The lowest BCUT2D eigenvalue weighted by Gasteiger charge is -2.23. The number of nitrogens with zero attached hydrogens (tertiary/aromatic N) is 3. The van der Waals surface area contributed by atoms with E-state index in [0.29, 0.717) is 23.4 Å². The minimum atomic E-state index is -4.71. The quantitative estimate of drug-likeness (QED) is 0.533. The summed E-state index contributed by atoms with van der Waals surface area (Å²) < 4.78 is 70.1. The third-order valence-corrected chi connectivity index (χ3v) is 6.75. The molecule has 0 saturated heterocycles. The molecule has 1 N–H and O–H groups in total. The van der Waals surface area contributed by atoms with Gasteiger partial charge in [-0.3, -0.25) is 0 Å². The molecule has 9 nitrogen and oxygen atoms in total. The van der Waals surface area contributed by atoms with Crippen LogP contribution in [0.3, 0.4) is 0 Å². The van der Waals surface area contributed by atoms with Gasteiger partial charge in [0.1, 0.15) is 34.4 Å². The van der Waals surface area contributed by atoms with Gasteiger partial charge in [0.25, 0.3) is 10.0 Å². The Morgan fingerprint density at radius 3 is 2.48 bits per heavy atom. The molecule has 0 spiro atoms. The summed E-state index contributed by atoms with van der Waals surface area (Å²) in [5.41, 5.74) is -0.610. The van der Waals surface area contributed by atoms with Gasteiger partial charge in [-0.05, 0) is 24.3 Å². The maximum absolute atomic E-state index is 14.6. The Bertz CT molecular complexity index is 1220. The molecule has 0 radical (unpaired) electrons. The predicted octanol–water partition coefficient (Wildman–Crippen LogP) is 2.93. The van der Waals surface area contributed by atoms with Gasteiger partial charge in [-0.25, -0.2) is 31.3 Å². The fraction of sp³-hybridized carbons (Fsp3) is 0.167. The molecule has 0 bridgehead atoms. The zero-order valence-electron chi connectivity index (χ0n) is 16.1. The number of benzene rings is 2. The highest BCUT2D eigenvalue weighted by molar-refractivity contribution is 7.93. The van der Waals surface area contributed by atoms with Crippen LogP contribution in [0.4, 0.5) is 13.9 Å². The molecule has 0 atom stereocenters. The van der Waals surface area contributed by atoms with Crippen LogP contribution in [-0.2, 0) is 16.6 Å². The largest absolute Gasteiger partial charge is 0.497 e. The summed E-state index contributed by atoms with van der Waals surface area (Å²) in [7, 11) is -1.89. The Labute approximate surface area is 179 Å². The van der Waals surface area contributed by atoms with Crippen molar-refractivity contribution in [2.75, 3.05) is 18.5 Å². The van der Waals surface area contributed by atoms with E-state index < -0.39 is 38.1 Å². The monoisotopic (exact) mass is 471 g/mol. The molecule has 13 heteroatoms. The van der Waals surface area contributed by atoms with Crippen molar-refractivity contribution < 1.29 is 36.6 Å². The predicted molar refractivity (Wildman–Crippen MR) is 106 cm³/mol. The minimum absolute atomic E-state index is 0.111. The Morgan fingerprint density at radius 1 is 1.16 bits per heavy atom. The van der Waals surface area contributed by atoms with Crippen molar-refractivity contribution in [2.24, 2.45) is 0 Å². The molecule has 3 rings (SSSR count). The minimum Gasteiger partial charge on any atom is -0.497 e. The van der Waals surface area contributed by atoms with E-state index in [1.165, 1.54) is 20.3 Å². The second-order valence-corrected chi connectivity index (χ2v) is 8.57. The summed E-state index contributed by atoms with van der Waals surface area (Å²) in [5, 5.41) is 8.82. The highest BCUT2D eigenvalue weighted by atomic mass is 32.2. The molecule has 0 aliphatic rings. The molecular formula is C18H15F2N3O6S2. The SMILES string of the molecule is COc1ccc(CN(c2ncns2)S(=O)(=O)c2cc(F)c(C(=O)O)cc2F)c(OC)c1. The summed E-state index contributed by atoms with van der Waals surface area (Å²) in [6.45, 7) is -0.355. The number of ether oxygens (including phenoxy) is 2. The standard InChI is InChI=1S/C18H15F2N3O6S2/c1-28-11-4-3-10(15(5-11)29-2)8-23(18-21-9-22-30-18)31(26,27)16-7-13(19)12(17(24)25)6-14(16)20/h3-7,9H,8H2,1-2H3,(H,24,25). The van der Waals surface area contributed by atoms with Crippen molar-refractivity contribution in [3.05, 3.63) is 59.4 Å². The Balaban J connectivity index is 2.12. The number of hydrogen-bond acceptors (Lipinski definition) is 8. The van der Waals surface area contributed by atoms with Gasteiger partial charge >= 0.3 is 5.97 Å². The van der Waals surface area contributed by atoms with Crippen LogP contribution in [0.1, 0.15) is 15.9 Å². The Kier molecular flexibility index (Phi) is 6.36. The zero-order valence-corrected chi connectivity index (χ0v) is 17.7. The second-order valence-electron chi connectivity index (χ2n) is 5.98. The van der Waals surface area contributed by atoms with Crippen LogP contribution in [-0.4, -0.2) is 43.1 Å². The average molecular weight is 471 g/mol. The van der Waals surface area contributed by atoms with Crippen molar-refractivity contribution in [3.63, 3.8) is 0 Å². The van der Waals surface area contributed by atoms with Crippen LogP contribution in [0.25, 0.3) is 0 Å². The molecule has 0 saturated carbocycles. The maximum Gasteiger partial charge on any atom is 0.338 e. The molecule has 0 aliphatic carbocycles. The number of aromatic carboxylic acids is 1. The molecule has 31 heavy (non-hydrogen) atoms. The number of anilines is 1. The van der Waals surface area contributed by atoms with Crippen LogP contribution in [0.15, 0.2) is 41.6 Å². The Hall–Kier alpha value is -3.32. The van der Waals surface area contributed by atoms with Gasteiger partial charge in [0.2, 0.25) is 5.13 Å². The van der Waals surface area contributed by atoms with Gasteiger partial charge < -0.3 is 14.6 Å². The van der Waals surface area contributed by atoms with E-state index in [1.807, 2.05) is 0 Å². The third-order valence-electron chi connectivity index (χ3n) is 4.19. The first-order chi connectivity index (χ1) is 14.7. The van der Waals surface area contributed by atoms with Crippen LogP contribution < -0.4 is 13.8 Å². The van der Waals surface area contributed by atoms with Crippen LogP contribution >= 0.6 is 11.5 Å². The summed E-state index contributed by atoms with van der Waals surface area (Å²) in [4.78, 5) is 13.8. The van der Waals surface area contributed by atoms with Gasteiger partial charge in [-0.2, -0.15) is 4.37 Å². The lowest BCUT2D eigenvalue weighted by molar-refractivity contribution is 0.0691. The molecule has 164 valence electrons. The van der Waals surface area contributed by atoms with Crippen molar-refractivity contribution >= 4 is 32.7 Å². The van der Waals surface area contributed by atoms with Crippen molar-refractivity contribution in [3.8, 4) is 11.5 Å². The van der Waals surface area contributed by atoms with Crippen LogP contribution in [0, 0.1) is 11.6 Å². The molecule has 1 heterocycles. The van der Waals surface area contributed by atoms with E-state index in [9.17, 15) is 22.0 Å². The average Bonchev–Trinajstić information content (AvgIpc) is 3.27. The van der Waals surface area contributed by atoms with Crippen molar-refractivity contribution in [1.82, 2.24) is 9.36 Å². The maximum atomic E-state index is 14.6. The number of carboxylic acids is 1. The van der Waals surface area contributed by atoms with Gasteiger partial charge in [0.05, 0.1) is 26.3 Å². The number of carboxylic acid groups (broad SMARTS) is 1. The molecule has 3 aromatic rings. The molecule has 0 amide bonds. The topological polar surface area (TPSA) is 119 Å². The van der Waals surface area contributed by atoms with Gasteiger partial charge in [-0.15, -0.1) is 0 Å². The molecule has 0 aliphatic heterocycles. The fourth-order valence-corrected chi connectivity index (χ4v) is 4.87. The number of carbonyl (C=O) groups is 1. The first kappa shape index (κ1) is 22.4. The summed E-state index contributed by atoms with van der Waals surface area (Å²) in [5.74, 6) is -3.80. The first-order valence-electron chi connectivity index (χ1n) is 8.41. The second kappa shape index (κ2) is 8.81. The van der Waals surface area contributed by atoms with Gasteiger partial charge in [-0.1, -0.05) is 0 Å². The van der Waals surface area contributed by atoms with Crippen molar-refractivity contribution in [2.45, 2.75) is 11.4 Å². The van der Waals surface area contributed by atoms with Gasteiger partial charge in [0.15, 0.2) is 0 Å². The molecule has 0 unspecified atom stereocenters. The lowest BCUT2D eigenvalue weighted by Crippen LogP contribution is -2.31. The smallest absolute Gasteiger partial charge is 0.338 e. The summed E-state index contributed by atoms with van der Waals surface area (Å²) in [6.07, 6.45) is 1.11. The van der Waals surface area contributed by atoms with E-state index in [4.69, 9.17) is 14.6 Å². The molecule has 2 aromatic carbocycles. The van der Waals surface area contributed by atoms with E-state index >= 15 is 0 Å². The number of rotatable bonds is 8. The summed E-state index contributed by atoms with van der Waals surface area (Å²) >= 11 is 0.721. The third kappa shape index (κ3) is 4.41. The van der Waals surface area contributed by atoms with E-state index in [1.54, 1.807) is 12.1 Å². The number of hydrogen-bond donors (Lipinski definition) is 1. The molecular weight excluding hydrogens is 456 g/mol. The van der Waals surface area contributed by atoms with E-state index in [-0.39, 0.29) is 17.4 Å². The molecule has 1 aromatic heterocycles. The number of aromatic nitrogens is 2. The van der Waals surface area contributed by atoms with Gasteiger partial charge in [0, 0.05) is 23.2 Å². The lowest BCUT2D eigenvalue weighted by atomic mass is 10.2. The van der Waals surface area contributed by atoms with E-state index in [2.05, 4.69) is 9.36 Å². The zero-order chi connectivity index (χ0) is 22.8. The fourth-order valence-electron chi connectivity index (χ4n) is 2.68. The highest BCUT2D eigenvalue weighted by Gasteiger charge is 2.32. The number of halogens is 2. The van der Waals surface area contributed by atoms with E-state index in [0.717, 1.165) is 22.2 Å². The number of sulfonamides is 1. The normalized spacial score (nSPS) is 11.2. The molecule has 0 fully saturated rings. The van der Waals surface area contributed by atoms with Crippen LogP contribution in [0.5, 0.6) is 11.5 Å².